The molecule has 0 saturated carbocycles. The molecule has 0 aliphatic rings. The molecule has 1 unspecified atom stereocenters. The number of hydrogen-bond acceptors (Lipinski definition) is 5. The Hall–Kier alpha value is -1.96. The quantitative estimate of drug-likeness (QED) is 0.487. The lowest BCUT2D eigenvalue weighted by Gasteiger charge is -2.22. The Bertz CT molecular complexity index is 438. The van der Waals surface area contributed by atoms with Gasteiger partial charge in [0.2, 0.25) is 0 Å². The summed E-state index contributed by atoms with van der Waals surface area (Å²) in [6.07, 6.45) is -0.0634. The van der Waals surface area contributed by atoms with E-state index in [2.05, 4.69) is 10.2 Å². The smallest absolute Gasteiger partial charge is 0.321 e. The van der Waals surface area contributed by atoms with Gasteiger partial charge in [0.25, 0.3) is 0 Å². The van der Waals surface area contributed by atoms with Crippen molar-refractivity contribution in [2.24, 2.45) is 5.90 Å². The van der Waals surface area contributed by atoms with Crippen molar-refractivity contribution in [3.63, 3.8) is 0 Å². The largest absolute Gasteiger partial charge is 0.481 e. The van der Waals surface area contributed by atoms with Gasteiger partial charge in [0, 0.05) is 6.04 Å². The number of nitrogens with one attached hydrogen (secondary N) is 1. The maximum atomic E-state index is 11.1. The number of aliphatic carboxylic acids is 2. The fourth-order valence-electron chi connectivity index (χ4n) is 1.85. The van der Waals surface area contributed by atoms with Crippen molar-refractivity contribution in [3.8, 4) is 0 Å². The molecule has 1 rings (SSSR count). The van der Waals surface area contributed by atoms with E-state index < -0.39 is 24.4 Å². The number of nitrogens with two attached hydrogens (primary N) is 1. The minimum atomic E-state index is -1.21. The van der Waals surface area contributed by atoms with E-state index in [0.717, 1.165) is 5.56 Å². The molecule has 0 aromatic heterocycles. The van der Waals surface area contributed by atoms with E-state index in [1.165, 1.54) is 0 Å². The van der Waals surface area contributed by atoms with Gasteiger partial charge < -0.3 is 15.1 Å². The second-order valence-electron chi connectivity index (χ2n) is 4.28. The van der Waals surface area contributed by atoms with Crippen LogP contribution < -0.4 is 11.2 Å². The Morgan fingerprint density at radius 1 is 1.25 bits per heavy atom. The summed E-state index contributed by atoms with van der Waals surface area (Å²) in [6.45, 7) is 0.228. The standard InChI is InChI=1S/C13H18N2O5/c14-20-7-6-10(9-4-2-1-3-5-9)15-11(13(18)19)8-12(16)17/h1-5,10-11,15H,6-8,14H2,(H,16,17)(H,18,19)/t10?,11-/m0/s1. The van der Waals surface area contributed by atoms with Crippen LogP contribution >= 0.6 is 0 Å². The van der Waals surface area contributed by atoms with E-state index in [9.17, 15) is 9.59 Å². The molecule has 0 radical (unpaired) electrons. The summed E-state index contributed by atoms with van der Waals surface area (Å²) in [5, 5.41) is 20.6. The molecule has 0 saturated heterocycles. The monoisotopic (exact) mass is 282 g/mol. The van der Waals surface area contributed by atoms with E-state index in [-0.39, 0.29) is 12.6 Å². The summed E-state index contributed by atoms with van der Waals surface area (Å²) < 4.78 is 0. The van der Waals surface area contributed by atoms with Crippen molar-refractivity contribution in [1.82, 2.24) is 5.32 Å². The average molecular weight is 282 g/mol. The maximum Gasteiger partial charge on any atom is 0.321 e. The molecule has 110 valence electrons. The number of carbonyl (C=O) groups is 2. The first-order chi connectivity index (χ1) is 9.54. The number of carboxylic acids is 2. The molecule has 0 heterocycles. The topological polar surface area (TPSA) is 122 Å². The first kappa shape index (κ1) is 16.1. The van der Waals surface area contributed by atoms with E-state index in [1.807, 2.05) is 30.3 Å². The van der Waals surface area contributed by atoms with Gasteiger partial charge >= 0.3 is 11.9 Å². The third-order valence-electron chi connectivity index (χ3n) is 2.81. The van der Waals surface area contributed by atoms with Crippen LogP contribution in [0.1, 0.15) is 24.4 Å². The molecule has 7 heteroatoms. The molecule has 0 spiro atoms. The third-order valence-corrected chi connectivity index (χ3v) is 2.81. The fourth-order valence-corrected chi connectivity index (χ4v) is 1.85. The van der Waals surface area contributed by atoms with Crippen LogP contribution in [0.2, 0.25) is 0 Å². The lowest BCUT2D eigenvalue weighted by Crippen LogP contribution is -2.41. The molecule has 5 N–H and O–H groups in total. The Labute approximate surface area is 116 Å². The predicted molar refractivity (Wildman–Crippen MR) is 70.8 cm³/mol. The molecule has 0 amide bonds. The van der Waals surface area contributed by atoms with Crippen LogP contribution in [0.5, 0.6) is 0 Å². The van der Waals surface area contributed by atoms with Crippen LogP contribution in [0.3, 0.4) is 0 Å². The van der Waals surface area contributed by atoms with Gasteiger partial charge in [-0.3, -0.25) is 14.9 Å². The zero-order valence-corrected chi connectivity index (χ0v) is 10.9. The normalized spacial score (nSPS) is 13.7. The molecule has 0 aliphatic carbocycles. The summed E-state index contributed by atoms with van der Waals surface area (Å²) >= 11 is 0. The molecule has 2 atom stereocenters. The Morgan fingerprint density at radius 3 is 2.40 bits per heavy atom. The average Bonchev–Trinajstić information content (AvgIpc) is 2.42. The van der Waals surface area contributed by atoms with E-state index in [0.29, 0.717) is 6.42 Å². The van der Waals surface area contributed by atoms with Crippen LogP contribution in [0.15, 0.2) is 30.3 Å². The van der Waals surface area contributed by atoms with Crippen LogP contribution in [0.25, 0.3) is 0 Å². The summed E-state index contributed by atoms with van der Waals surface area (Å²) in [5.74, 6) is 2.61. The SMILES string of the molecule is NOCCC(N[C@@H](CC(=O)O)C(=O)O)c1ccccc1. The van der Waals surface area contributed by atoms with Crippen LogP contribution in [-0.2, 0) is 14.4 Å². The van der Waals surface area contributed by atoms with E-state index >= 15 is 0 Å². The van der Waals surface area contributed by atoms with Gasteiger partial charge in [-0.1, -0.05) is 30.3 Å². The maximum absolute atomic E-state index is 11.1. The van der Waals surface area contributed by atoms with Gasteiger partial charge in [-0.05, 0) is 12.0 Å². The second-order valence-corrected chi connectivity index (χ2v) is 4.28. The summed E-state index contributed by atoms with van der Waals surface area (Å²) in [5.41, 5.74) is 0.848. The predicted octanol–water partition coefficient (Wildman–Crippen LogP) is 0.526. The number of rotatable bonds is 9. The first-order valence-corrected chi connectivity index (χ1v) is 6.12. The van der Waals surface area contributed by atoms with Gasteiger partial charge in [0.15, 0.2) is 0 Å². The fraction of sp³-hybridized carbons (Fsp3) is 0.385. The lowest BCUT2D eigenvalue weighted by atomic mass is 10.0. The Morgan fingerprint density at radius 2 is 1.90 bits per heavy atom. The molecule has 20 heavy (non-hydrogen) atoms. The summed E-state index contributed by atoms with van der Waals surface area (Å²) in [4.78, 5) is 26.3. The number of benzene rings is 1. The highest BCUT2D eigenvalue weighted by atomic mass is 16.6. The van der Waals surface area contributed by atoms with Gasteiger partial charge in [-0.15, -0.1) is 0 Å². The van der Waals surface area contributed by atoms with Crippen molar-refractivity contribution >= 4 is 11.9 Å². The van der Waals surface area contributed by atoms with Crippen LogP contribution in [-0.4, -0.2) is 34.8 Å². The lowest BCUT2D eigenvalue weighted by molar-refractivity contribution is -0.146. The number of carboxylic acid groups (broad SMARTS) is 2. The zero-order chi connectivity index (χ0) is 15.0. The van der Waals surface area contributed by atoms with Crippen molar-refractivity contribution in [1.29, 1.82) is 0 Å². The molecule has 0 fully saturated rings. The van der Waals surface area contributed by atoms with Gasteiger partial charge in [0.05, 0.1) is 13.0 Å². The minimum absolute atomic E-state index is 0.228. The molecule has 7 nitrogen and oxygen atoms in total. The second kappa shape index (κ2) is 8.26. The van der Waals surface area contributed by atoms with Crippen molar-refractivity contribution in [3.05, 3.63) is 35.9 Å². The molecular weight excluding hydrogens is 264 g/mol. The third kappa shape index (κ3) is 5.35. The Kier molecular flexibility index (Phi) is 6.65. The molecule has 1 aromatic carbocycles. The van der Waals surface area contributed by atoms with Crippen molar-refractivity contribution in [2.75, 3.05) is 6.61 Å². The van der Waals surface area contributed by atoms with Crippen molar-refractivity contribution < 1.29 is 24.6 Å². The molecule has 1 aromatic rings. The van der Waals surface area contributed by atoms with Crippen LogP contribution in [0, 0.1) is 0 Å². The first-order valence-electron chi connectivity index (χ1n) is 6.12. The van der Waals surface area contributed by atoms with E-state index in [1.54, 1.807) is 0 Å². The highest BCUT2D eigenvalue weighted by Gasteiger charge is 2.24. The van der Waals surface area contributed by atoms with Crippen LogP contribution in [0.4, 0.5) is 0 Å². The van der Waals surface area contributed by atoms with Crippen molar-refractivity contribution in [2.45, 2.75) is 24.9 Å². The highest BCUT2D eigenvalue weighted by Crippen LogP contribution is 2.18. The van der Waals surface area contributed by atoms with Gasteiger partial charge in [0.1, 0.15) is 6.04 Å². The zero-order valence-electron chi connectivity index (χ0n) is 10.9. The molecular formula is C13H18N2O5. The highest BCUT2D eigenvalue weighted by molar-refractivity contribution is 5.80. The van der Waals surface area contributed by atoms with E-state index in [4.69, 9.17) is 16.1 Å². The van der Waals surface area contributed by atoms with Gasteiger partial charge in [-0.25, -0.2) is 5.90 Å². The molecule has 0 bridgehead atoms. The Balaban J connectivity index is 2.82. The summed E-state index contributed by atoms with van der Waals surface area (Å²) in [6, 6.07) is 7.62. The summed E-state index contributed by atoms with van der Waals surface area (Å²) in [7, 11) is 0. The molecule has 0 aliphatic heterocycles. The minimum Gasteiger partial charge on any atom is -0.481 e. The van der Waals surface area contributed by atoms with Gasteiger partial charge in [-0.2, -0.15) is 0 Å². The number of hydrogen-bond donors (Lipinski definition) is 4.